The van der Waals surface area contributed by atoms with Crippen molar-refractivity contribution in [2.45, 2.75) is 13.5 Å². The van der Waals surface area contributed by atoms with E-state index in [1.165, 1.54) is 17.5 Å². The zero-order chi connectivity index (χ0) is 13.1. The molecule has 0 atom stereocenters. The van der Waals surface area contributed by atoms with Crippen LogP contribution < -0.4 is 4.90 Å². The summed E-state index contributed by atoms with van der Waals surface area (Å²) in [6.07, 6.45) is 1.33. The first-order valence-corrected chi connectivity index (χ1v) is 6.17. The minimum Gasteiger partial charge on any atom is -0.478 e. The molecule has 0 aliphatic carbocycles. The van der Waals surface area contributed by atoms with Crippen LogP contribution >= 0.6 is 11.3 Å². The molecule has 2 aromatic rings. The highest BCUT2D eigenvalue weighted by atomic mass is 32.1. The lowest BCUT2D eigenvalue weighted by Crippen LogP contribution is -2.20. The Bertz CT molecular complexity index is 556. The summed E-state index contributed by atoms with van der Waals surface area (Å²) in [4.78, 5) is 25.1. The first-order valence-electron chi connectivity index (χ1n) is 5.23. The van der Waals surface area contributed by atoms with E-state index in [4.69, 9.17) is 5.11 Å². The van der Waals surface area contributed by atoms with Crippen LogP contribution in [0.25, 0.3) is 0 Å². The van der Waals surface area contributed by atoms with Crippen LogP contribution in [0.5, 0.6) is 0 Å². The SMILES string of the molecule is Cc1nc(N(C)Cc2cscn2)ncc1C(=O)O. The topological polar surface area (TPSA) is 79.2 Å². The summed E-state index contributed by atoms with van der Waals surface area (Å²) < 4.78 is 0. The molecule has 0 saturated carbocycles. The van der Waals surface area contributed by atoms with Crippen LogP contribution in [0, 0.1) is 6.92 Å². The first-order chi connectivity index (χ1) is 8.58. The third-order valence-corrected chi connectivity index (χ3v) is 3.06. The van der Waals surface area contributed by atoms with Crippen molar-refractivity contribution in [1.82, 2.24) is 15.0 Å². The van der Waals surface area contributed by atoms with Crippen LogP contribution in [0.4, 0.5) is 5.95 Å². The summed E-state index contributed by atoms with van der Waals surface area (Å²) in [7, 11) is 1.84. The monoisotopic (exact) mass is 264 g/mol. The van der Waals surface area contributed by atoms with Crippen molar-refractivity contribution < 1.29 is 9.90 Å². The van der Waals surface area contributed by atoms with E-state index in [1.807, 2.05) is 17.3 Å². The number of nitrogens with zero attached hydrogens (tertiary/aromatic N) is 4. The fraction of sp³-hybridized carbons (Fsp3) is 0.273. The maximum atomic E-state index is 10.9. The maximum absolute atomic E-state index is 10.9. The Morgan fingerprint density at radius 2 is 2.28 bits per heavy atom. The van der Waals surface area contributed by atoms with Gasteiger partial charge in [-0.1, -0.05) is 0 Å². The number of aromatic nitrogens is 3. The van der Waals surface area contributed by atoms with Gasteiger partial charge in [0.1, 0.15) is 0 Å². The summed E-state index contributed by atoms with van der Waals surface area (Å²) in [5.41, 5.74) is 3.28. The molecule has 0 fully saturated rings. The van der Waals surface area contributed by atoms with Crippen LogP contribution in [-0.2, 0) is 6.54 Å². The Labute approximate surface area is 108 Å². The lowest BCUT2D eigenvalue weighted by Gasteiger charge is -2.16. The number of hydrogen-bond acceptors (Lipinski definition) is 6. The second-order valence-corrected chi connectivity index (χ2v) is 4.53. The smallest absolute Gasteiger partial charge is 0.339 e. The van der Waals surface area contributed by atoms with Gasteiger partial charge >= 0.3 is 5.97 Å². The number of rotatable bonds is 4. The van der Waals surface area contributed by atoms with E-state index < -0.39 is 5.97 Å². The molecular weight excluding hydrogens is 252 g/mol. The number of thiazole rings is 1. The molecule has 0 unspecified atom stereocenters. The third-order valence-electron chi connectivity index (χ3n) is 2.42. The molecule has 18 heavy (non-hydrogen) atoms. The van der Waals surface area contributed by atoms with Crippen LogP contribution in [-0.4, -0.2) is 33.1 Å². The van der Waals surface area contributed by atoms with Crippen molar-refractivity contribution in [2.75, 3.05) is 11.9 Å². The van der Waals surface area contributed by atoms with Crippen LogP contribution in [0.3, 0.4) is 0 Å². The van der Waals surface area contributed by atoms with Gasteiger partial charge in [0.2, 0.25) is 5.95 Å². The van der Waals surface area contributed by atoms with Gasteiger partial charge in [-0.05, 0) is 6.92 Å². The fourth-order valence-electron chi connectivity index (χ4n) is 1.48. The molecule has 0 aliphatic rings. The second-order valence-electron chi connectivity index (χ2n) is 3.81. The number of aryl methyl sites for hydroxylation is 1. The number of anilines is 1. The molecule has 0 spiro atoms. The van der Waals surface area contributed by atoms with E-state index >= 15 is 0 Å². The first kappa shape index (κ1) is 12.4. The average Bonchev–Trinajstić information content (AvgIpc) is 2.81. The zero-order valence-electron chi connectivity index (χ0n) is 9.99. The van der Waals surface area contributed by atoms with E-state index in [1.54, 1.807) is 12.4 Å². The quantitative estimate of drug-likeness (QED) is 0.903. The predicted octanol–water partition coefficient (Wildman–Crippen LogP) is 1.58. The third kappa shape index (κ3) is 2.62. The molecule has 0 saturated heterocycles. The van der Waals surface area contributed by atoms with Crippen molar-refractivity contribution in [2.24, 2.45) is 0 Å². The van der Waals surface area contributed by atoms with Crippen LogP contribution in [0.1, 0.15) is 21.7 Å². The molecule has 2 heterocycles. The van der Waals surface area contributed by atoms with Gasteiger partial charge in [0.15, 0.2) is 0 Å². The number of carboxylic acids is 1. The van der Waals surface area contributed by atoms with Gasteiger partial charge in [-0.25, -0.2) is 19.7 Å². The molecule has 0 aliphatic heterocycles. The molecule has 7 heteroatoms. The molecule has 6 nitrogen and oxygen atoms in total. The zero-order valence-corrected chi connectivity index (χ0v) is 10.8. The highest BCUT2D eigenvalue weighted by Gasteiger charge is 2.12. The fourth-order valence-corrected chi connectivity index (χ4v) is 2.03. The Balaban J connectivity index is 2.18. The molecule has 1 N–H and O–H groups in total. The predicted molar refractivity (Wildman–Crippen MR) is 67.9 cm³/mol. The van der Waals surface area contributed by atoms with Crippen molar-refractivity contribution in [3.05, 3.63) is 34.0 Å². The van der Waals surface area contributed by atoms with Gasteiger partial charge in [-0.3, -0.25) is 0 Å². The Morgan fingerprint density at radius 1 is 1.50 bits per heavy atom. The van der Waals surface area contributed by atoms with Crippen molar-refractivity contribution >= 4 is 23.3 Å². The number of carboxylic acid groups (broad SMARTS) is 1. The van der Waals surface area contributed by atoms with Gasteiger partial charge in [0.25, 0.3) is 0 Å². The molecule has 0 amide bonds. The summed E-state index contributed by atoms with van der Waals surface area (Å²) in [5.74, 6) is -0.522. The number of hydrogen-bond donors (Lipinski definition) is 1. The molecular formula is C11H12N4O2S. The van der Waals surface area contributed by atoms with E-state index in [9.17, 15) is 4.79 Å². The lowest BCUT2D eigenvalue weighted by atomic mass is 10.2. The largest absolute Gasteiger partial charge is 0.478 e. The van der Waals surface area contributed by atoms with Gasteiger partial charge in [-0.2, -0.15) is 0 Å². The molecule has 0 aromatic carbocycles. The molecule has 2 aromatic heterocycles. The van der Waals surface area contributed by atoms with E-state index in [2.05, 4.69) is 15.0 Å². The summed E-state index contributed by atoms with van der Waals surface area (Å²) in [6, 6.07) is 0. The molecule has 0 bridgehead atoms. The van der Waals surface area contributed by atoms with Crippen LogP contribution in [0.2, 0.25) is 0 Å². The van der Waals surface area contributed by atoms with Gasteiger partial charge < -0.3 is 10.0 Å². The van der Waals surface area contributed by atoms with Crippen molar-refractivity contribution in [3.8, 4) is 0 Å². The Kier molecular flexibility index (Phi) is 3.52. The molecule has 94 valence electrons. The van der Waals surface area contributed by atoms with Gasteiger partial charge in [0, 0.05) is 18.6 Å². The molecule has 0 radical (unpaired) electrons. The number of aromatic carboxylic acids is 1. The maximum Gasteiger partial charge on any atom is 0.339 e. The lowest BCUT2D eigenvalue weighted by molar-refractivity contribution is 0.0695. The van der Waals surface area contributed by atoms with Crippen molar-refractivity contribution in [1.29, 1.82) is 0 Å². The Hall–Kier alpha value is -2.02. The normalized spacial score (nSPS) is 10.3. The number of carbonyl (C=O) groups is 1. The van der Waals surface area contributed by atoms with Crippen LogP contribution in [0.15, 0.2) is 17.1 Å². The molecule has 2 rings (SSSR count). The van der Waals surface area contributed by atoms with E-state index in [0.717, 1.165) is 5.69 Å². The van der Waals surface area contributed by atoms with Gasteiger partial charge in [0.05, 0.1) is 29.0 Å². The summed E-state index contributed by atoms with van der Waals surface area (Å²) >= 11 is 1.53. The van der Waals surface area contributed by atoms with E-state index in [0.29, 0.717) is 18.2 Å². The summed E-state index contributed by atoms with van der Waals surface area (Å²) in [5, 5.41) is 10.9. The average molecular weight is 264 g/mol. The highest BCUT2D eigenvalue weighted by molar-refractivity contribution is 7.07. The standard InChI is InChI=1S/C11H12N4O2S/c1-7-9(10(16)17)3-12-11(14-7)15(2)4-8-5-18-6-13-8/h3,5-6H,4H2,1-2H3,(H,16,17). The van der Waals surface area contributed by atoms with Crippen molar-refractivity contribution in [3.63, 3.8) is 0 Å². The minimum atomic E-state index is -1.01. The minimum absolute atomic E-state index is 0.126. The van der Waals surface area contributed by atoms with Gasteiger partial charge in [-0.15, -0.1) is 11.3 Å². The van der Waals surface area contributed by atoms with E-state index in [-0.39, 0.29) is 5.56 Å². The highest BCUT2D eigenvalue weighted by Crippen LogP contribution is 2.13. The second kappa shape index (κ2) is 5.09. The Morgan fingerprint density at radius 3 is 2.83 bits per heavy atom. The summed E-state index contributed by atoms with van der Waals surface area (Å²) in [6.45, 7) is 2.25.